The van der Waals surface area contributed by atoms with E-state index in [1.807, 2.05) is 29.2 Å². The summed E-state index contributed by atoms with van der Waals surface area (Å²) >= 11 is 0. The minimum absolute atomic E-state index is 0.0722. The molecule has 2 amide bonds. The van der Waals surface area contributed by atoms with Crippen molar-refractivity contribution >= 4 is 42.7 Å². The molecule has 0 radical (unpaired) electrons. The molecule has 166 valence electrons. The van der Waals surface area contributed by atoms with Gasteiger partial charge in [0, 0.05) is 25.7 Å². The standard InChI is InChI=1S/C26H30N3O2P/c30-25(27-32)20-8-5-13-29(17-20)21-11-14-28(15-12-21)26(31)24-22-9-3-1-6-18(22)16-19-7-2-4-10-23(19)24/h1-4,6-7,9-10,16,20-21H,5,8,11-15,17,32H2,(H,27,30). The van der Waals surface area contributed by atoms with Crippen molar-refractivity contribution < 1.29 is 9.59 Å². The highest BCUT2D eigenvalue weighted by atomic mass is 31.0. The monoisotopic (exact) mass is 447 g/mol. The summed E-state index contributed by atoms with van der Waals surface area (Å²) in [4.78, 5) is 30.3. The third-order valence-electron chi connectivity index (χ3n) is 7.22. The lowest BCUT2D eigenvalue weighted by Gasteiger charge is -2.42. The lowest BCUT2D eigenvalue weighted by Crippen LogP contribution is -2.51. The maximum atomic E-state index is 13.7. The van der Waals surface area contributed by atoms with E-state index in [4.69, 9.17) is 0 Å². The van der Waals surface area contributed by atoms with Gasteiger partial charge in [-0.15, -0.1) is 0 Å². The summed E-state index contributed by atoms with van der Waals surface area (Å²) in [7, 11) is 2.33. The van der Waals surface area contributed by atoms with Crippen LogP contribution in [0.2, 0.25) is 0 Å². The van der Waals surface area contributed by atoms with Gasteiger partial charge in [-0.2, -0.15) is 0 Å². The Labute approximate surface area is 191 Å². The fourth-order valence-electron chi connectivity index (χ4n) is 5.51. The fraction of sp³-hybridized carbons (Fsp3) is 0.385. The SMILES string of the molecule is O=C(NP)C1CCCN(C2CCN(C(=O)c3c4ccccc4cc4ccccc34)CC2)C1. The molecule has 2 heterocycles. The maximum absolute atomic E-state index is 13.7. The topological polar surface area (TPSA) is 52.7 Å². The number of likely N-dealkylation sites (tertiary alicyclic amines) is 2. The second-order valence-electron chi connectivity index (χ2n) is 9.06. The maximum Gasteiger partial charge on any atom is 0.255 e. The number of amides is 2. The Bertz CT molecular complexity index is 1100. The fourth-order valence-corrected chi connectivity index (χ4v) is 5.74. The summed E-state index contributed by atoms with van der Waals surface area (Å²) in [6, 6.07) is 19.0. The largest absolute Gasteiger partial charge is 0.340 e. The predicted molar refractivity (Wildman–Crippen MR) is 133 cm³/mol. The van der Waals surface area contributed by atoms with Crippen LogP contribution in [0.5, 0.6) is 0 Å². The van der Waals surface area contributed by atoms with Crippen LogP contribution in [0.15, 0.2) is 54.6 Å². The first-order chi connectivity index (χ1) is 15.7. The first-order valence-electron chi connectivity index (χ1n) is 11.6. The van der Waals surface area contributed by atoms with Crippen molar-refractivity contribution in [2.75, 3.05) is 26.2 Å². The minimum atomic E-state index is 0.0722. The van der Waals surface area contributed by atoms with Crippen LogP contribution in [0, 0.1) is 5.92 Å². The first kappa shape index (κ1) is 21.4. The molecular weight excluding hydrogens is 417 g/mol. The van der Waals surface area contributed by atoms with Gasteiger partial charge in [-0.3, -0.25) is 14.5 Å². The second kappa shape index (κ2) is 9.17. The summed E-state index contributed by atoms with van der Waals surface area (Å²) in [6.45, 7) is 3.40. The number of nitrogens with zero attached hydrogens (tertiary/aromatic N) is 2. The van der Waals surface area contributed by atoms with E-state index in [0.29, 0.717) is 6.04 Å². The van der Waals surface area contributed by atoms with Crippen LogP contribution < -0.4 is 5.09 Å². The Balaban J connectivity index is 1.35. The third kappa shape index (κ3) is 4.00. The van der Waals surface area contributed by atoms with Gasteiger partial charge >= 0.3 is 0 Å². The quantitative estimate of drug-likeness (QED) is 0.483. The number of benzene rings is 3. The Morgan fingerprint density at radius 1 is 0.875 bits per heavy atom. The Kier molecular flexibility index (Phi) is 6.12. The molecule has 0 aromatic heterocycles. The zero-order valence-corrected chi connectivity index (χ0v) is 19.5. The molecule has 1 N–H and O–H groups in total. The minimum Gasteiger partial charge on any atom is -0.340 e. The van der Waals surface area contributed by atoms with E-state index in [-0.39, 0.29) is 17.7 Å². The number of carbonyl (C=O) groups excluding carboxylic acids is 2. The second-order valence-corrected chi connectivity index (χ2v) is 9.35. The molecule has 0 bridgehead atoms. The number of fused-ring (bicyclic) bond motifs is 2. The molecule has 2 aliphatic heterocycles. The molecule has 3 aromatic carbocycles. The van der Waals surface area contributed by atoms with Gasteiger partial charge in [0.1, 0.15) is 0 Å². The van der Waals surface area contributed by atoms with Gasteiger partial charge in [-0.05, 0) is 69.2 Å². The van der Waals surface area contributed by atoms with Crippen LogP contribution in [-0.4, -0.2) is 53.8 Å². The molecule has 3 aromatic rings. The molecule has 2 aliphatic rings. The molecule has 32 heavy (non-hydrogen) atoms. The molecular formula is C26H30N3O2P. The van der Waals surface area contributed by atoms with E-state index in [1.54, 1.807) is 0 Å². The van der Waals surface area contributed by atoms with E-state index < -0.39 is 0 Å². The number of piperidine rings is 2. The van der Waals surface area contributed by atoms with Crippen LogP contribution in [0.1, 0.15) is 36.0 Å². The van der Waals surface area contributed by atoms with E-state index in [2.05, 4.69) is 49.7 Å². The van der Waals surface area contributed by atoms with Crippen molar-refractivity contribution in [1.82, 2.24) is 14.9 Å². The molecule has 2 fully saturated rings. The molecule has 2 unspecified atom stereocenters. The van der Waals surface area contributed by atoms with Crippen molar-refractivity contribution in [1.29, 1.82) is 0 Å². The highest BCUT2D eigenvalue weighted by Gasteiger charge is 2.33. The van der Waals surface area contributed by atoms with E-state index in [0.717, 1.165) is 79.0 Å². The summed E-state index contributed by atoms with van der Waals surface area (Å²) in [5.41, 5.74) is 0.826. The first-order valence-corrected chi connectivity index (χ1v) is 12.2. The normalized spacial score (nSPS) is 20.5. The molecule has 0 aliphatic carbocycles. The number of hydrogen-bond donors (Lipinski definition) is 1. The van der Waals surface area contributed by atoms with Gasteiger partial charge in [0.05, 0.1) is 11.5 Å². The molecule has 5 rings (SSSR count). The predicted octanol–water partition coefficient (Wildman–Crippen LogP) is 4.22. The average Bonchev–Trinajstić information content (AvgIpc) is 2.86. The highest BCUT2D eigenvalue weighted by molar-refractivity contribution is 7.15. The van der Waals surface area contributed by atoms with E-state index in [9.17, 15) is 9.59 Å². The number of rotatable bonds is 3. The summed E-state index contributed by atoms with van der Waals surface area (Å²) < 4.78 is 0. The van der Waals surface area contributed by atoms with Gasteiger partial charge in [-0.1, -0.05) is 48.5 Å². The zero-order valence-electron chi connectivity index (χ0n) is 18.3. The van der Waals surface area contributed by atoms with Crippen LogP contribution in [0.3, 0.4) is 0 Å². The van der Waals surface area contributed by atoms with E-state index >= 15 is 0 Å². The van der Waals surface area contributed by atoms with Gasteiger partial charge in [0.2, 0.25) is 5.91 Å². The van der Waals surface area contributed by atoms with Gasteiger partial charge < -0.3 is 9.99 Å². The van der Waals surface area contributed by atoms with Crippen molar-refractivity contribution in [2.24, 2.45) is 5.92 Å². The summed E-state index contributed by atoms with van der Waals surface area (Å²) in [5, 5.41) is 7.00. The number of carbonyl (C=O) groups is 2. The molecule has 0 saturated carbocycles. The van der Waals surface area contributed by atoms with Crippen molar-refractivity contribution in [3.05, 3.63) is 60.2 Å². The van der Waals surface area contributed by atoms with Gasteiger partial charge in [0.15, 0.2) is 0 Å². The number of hydrogen-bond acceptors (Lipinski definition) is 3. The van der Waals surface area contributed by atoms with Crippen LogP contribution in [-0.2, 0) is 4.79 Å². The summed E-state index contributed by atoms with van der Waals surface area (Å²) in [5.74, 6) is 0.327. The lowest BCUT2D eigenvalue weighted by atomic mass is 9.92. The average molecular weight is 448 g/mol. The Morgan fingerprint density at radius 2 is 1.50 bits per heavy atom. The lowest BCUT2D eigenvalue weighted by molar-refractivity contribution is -0.125. The number of nitrogens with one attached hydrogen (secondary N) is 1. The Hall–Kier alpha value is -2.49. The van der Waals surface area contributed by atoms with Crippen LogP contribution >= 0.6 is 9.39 Å². The Morgan fingerprint density at radius 3 is 2.12 bits per heavy atom. The third-order valence-corrected chi connectivity index (χ3v) is 7.50. The van der Waals surface area contributed by atoms with Gasteiger partial charge in [0.25, 0.3) is 5.91 Å². The van der Waals surface area contributed by atoms with Crippen molar-refractivity contribution in [3.8, 4) is 0 Å². The van der Waals surface area contributed by atoms with Crippen molar-refractivity contribution in [2.45, 2.75) is 31.7 Å². The smallest absolute Gasteiger partial charge is 0.255 e. The molecule has 0 spiro atoms. The van der Waals surface area contributed by atoms with Crippen LogP contribution in [0.25, 0.3) is 21.5 Å². The molecule has 5 nitrogen and oxygen atoms in total. The zero-order chi connectivity index (χ0) is 22.1. The molecule has 2 atom stereocenters. The summed E-state index contributed by atoms with van der Waals surface area (Å²) in [6.07, 6.45) is 3.94. The highest BCUT2D eigenvalue weighted by Crippen LogP contribution is 2.31. The molecule has 6 heteroatoms. The molecule has 2 saturated heterocycles. The van der Waals surface area contributed by atoms with Crippen LogP contribution in [0.4, 0.5) is 0 Å². The van der Waals surface area contributed by atoms with E-state index in [1.165, 1.54) is 0 Å². The van der Waals surface area contributed by atoms with Gasteiger partial charge in [-0.25, -0.2) is 0 Å². The van der Waals surface area contributed by atoms with Crippen molar-refractivity contribution in [3.63, 3.8) is 0 Å².